The minimum absolute atomic E-state index is 0.507. The number of ether oxygens (including phenoxy) is 1. The number of hydrogen-bond acceptors (Lipinski definition) is 4. The largest absolute Gasteiger partial charge is 0.385 e. The van der Waals surface area contributed by atoms with Crippen molar-refractivity contribution in [2.24, 2.45) is 11.5 Å². The molecule has 0 saturated heterocycles. The molecule has 1 unspecified atom stereocenters. The van der Waals surface area contributed by atoms with Gasteiger partial charge in [-0.3, -0.25) is 4.90 Å². The fraction of sp³-hybridized carbons (Fsp3) is 1.00. The van der Waals surface area contributed by atoms with Crippen LogP contribution in [0, 0.1) is 0 Å². The van der Waals surface area contributed by atoms with Crippen LogP contribution < -0.4 is 11.5 Å². The smallest absolute Gasteiger partial charge is 0.0477 e. The Hall–Kier alpha value is -0.160. The number of methoxy groups -OCH3 is 1. The monoisotopic (exact) mass is 189 g/mol. The minimum Gasteiger partial charge on any atom is -0.385 e. The first-order chi connectivity index (χ1) is 6.26. The molecule has 80 valence electrons. The first-order valence-corrected chi connectivity index (χ1v) is 4.89. The summed E-state index contributed by atoms with van der Waals surface area (Å²) in [5, 5.41) is 0. The third-order valence-electron chi connectivity index (χ3n) is 2.20. The van der Waals surface area contributed by atoms with Gasteiger partial charge in [0.1, 0.15) is 0 Å². The molecule has 13 heavy (non-hydrogen) atoms. The van der Waals surface area contributed by atoms with Gasteiger partial charge >= 0.3 is 0 Å². The van der Waals surface area contributed by atoms with Crippen molar-refractivity contribution in [1.29, 1.82) is 0 Å². The Bertz CT molecular complexity index is 105. The van der Waals surface area contributed by atoms with E-state index in [4.69, 9.17) is 16.2 Å². The number of rotatable bonds is 8. The van der Waals surface area contributed by atoms with E-state index in [2.05, 4.69) is 11.8 Å². The van der Waals surface area contributed by atoms with Crippen LogP contribution in [0.2, 0.25) is 0 Å². The third kappa shape index (κ3) is 5.99. The van der Waals surface area contributed by atoms with Crippen LogP contribution >= 0.6 is 0 Å². The second-order valence-electron chi connectivity index (χ2n) is 3.24. The molecule has 0 aliphatic carbocycles. The average molecular weight is 189 g/mol. The molecule has 0 aliphatic rings. The second kappa shape index (κ2) is 8.44. The van der Waals surface area contributed by atoms with E-state index < -0.39 is 0 Å². The second-order valence-corrected chi connectivity index (χ2v) is 3.24. The van der Waals surface area contributed by atoms with E-state index in [1.807, 2.05) is 0 Å². The summed E-state index contributed by atoms with van der Waals surface area (Å²) in [6.07, 6.45) is 1.04. The molecule has 4 N–H and O–H groups in total. The van der Waals surface area contributed by atoms with E-state index in [0.717, 1.165) is 26.1 Å². The Kier molecular flexibility index (Phi) is 8.33. The molecule has 0 fully saturated rings. The Morgan fingerprint density at radius 2 is 1.77 bits per heavy atom. The zero-order valence-corrected chi connectivity index (χ0v) is 8.83. The topological polar surface area (TPSA) is 64.5 Å². The van der Waals surface area contributed by atoms with Gasteiger partial charge in [0.05, 0.1) is 0 Å². The Balaban J connectivity index is 3.72. The van der Waals surface area contributed by atoms with Crippen molar-refractivity contribution in [2.45, 2.75) is 19.4 Å². The molecule has 0 spiro atoms. The lowest BCUT2D eigenvalue weighted by atomic mass is 10.2. The molecule has 0 amide bonds. The van der Waals surface area contributed by atoms with Crippen molar-refractivity contribution < 1.29 is 4.74 Å². The lowest BCUT2D eigenvalue weighted by Gasteiger charge is -2.27. The number of nitrogens with two attached hydrogens (primary N) is 2. The maximum atomic E-state index is 5.51. The first-order valence-electron chi connectivity index (χ1n) is 4.89. The lowest BCUT2D eigenvalue weighted by Crippen LogP contribution is -2.40. The van der Waals surface area contributed by atoms with E-state index >= 15 is 0 Å². The van der Waals surface area contributed by atoms with E-state index in [-0.39, 0.29) is 0 Å². The van der Waals surface area contributed by atoms with E-state index in [9.17, 15) is 0 Å². The number of nitrogens with zero attached hydrogens (tertiary/aromatic N) is 1. The zero-order valence-electron chi connectivity index (χ0n) is 8.83. The van der Waals surface area contributed by atoms with Gasteiger partial charge in [0.25, 0.3) is 0 Å². The van der Waals surface area contributed by atoms with Crippen LogP contribution in [-0.2, 0) is 4.74 Å². The van der Waals surface area contributed by atoms with Gasteiger partial charge in [-0.1, -0.05) is 0 Å². The summed E-state index contributed by atoms with van der Waals surface area (Å²) < 4.78 is 5.03. The molecule has 0 radical (unpaired) electrons. The van der Waals surface area contributed by atoms with Gasteiger partial charge in [0.2, 0.25) is 0 Å². The van der Waals surface area contributed by atoms with Crippen LogP contribution in [0.4, 0.5) is 0 Å². The van der Waals surface area contributed by atoms with Gasteiger partial charge < -0.3 is 16.2 Å². The van der Waals surface area contributed by atoms with Crippen molar-refractivity contribution in [3.63, 3.8) is 0 Å². The van der Waals surface area contributed by atoms with Crippen LogP contribution in [0.1, 0.15) is 13.3 Å². The molecule has 4 nitrogen and oxygen atoms in total. The van der Waals surface area contributed by atoms with Crippen molar-refractivity contribution >= 4 is 0 Å². The molecule has 4 heteroatoms. The highest BCUT2D eigenvalue weighted by molar-refractivity contribution is 4.67. The molecule has 0 rings (SSSR count). The first kappa shape index (κ1) is 12.8. The van der Waals surface area contributed by atoms with Crippen LogP contribution in [0.15, 0.2) is 0 Å². The highest BCUT2D eigenvalue weighted by Crippen LogP contribution is 2.02. The van der Waals surface area contributed by atoms with Crippen molar-refractivity contribution in [3.8, 4) is 0 Å². The fourth-order valence-corrected chi connectivity index (χ4v) is 1.36. The summed E-state index contributed by atoms with van der Waals surface area (Å²) in [6.45, 7) is 6.20. The maximum Gasteiger partial charge on any atom is 0.0477 e. The standard InChI is InChI=1S/C9H23N3O/c1-9(3-8-13-2)12(6-4-10)7-5-11/h9H,3-8,10-11H2,1-2H3. The summed E-state index contributed by atoms with van der Waals surface area (Å²) in [5.41, 5.74) is 11.0. The molecule has 0 aliphatic heterocycles. The predicted molar refractivity (Wildman–Crippen MR) is 55.6 cm³/mol. The highest BCUT2D eigenvalue weighted by Gasteiger charge is 2.11. The third-order valence-corrected chi connectivity index (χ3v) is 2.20. The Morgan fingerprint density at radius 3 is 2.15 bits per heavy atom. The van der Waals surface area contributed by atoms with Crippen LogP contribution in [0.3, 0.4) is 0 Å². The summed E-state index contributed by atoms with van der Waals surface area (Å²) in [4.78, 5) is 2.30. The molecule has 0 heterocycles. The molecule has 0 saturated carbocycles. The van der Waals surface area contributed by atoms with Crippen LogP contribution in [0.5, 0.6) is 0 Å². The van der Waals surface area contributed by atoms with Gasteiger partial charge in [0.15, 0.2) is 0 Å². The summed E-state index contributed by atoms with van der Waals surface area (Å²) in [7, 11) is 1.73. The van der Waals surface area contributed by atoms with Gasteiger partial charge in [-0.25, -0.2) is 0 Å². The van der Waals surface area contributed by atoms with Gasteiger partial charge in [0, 0.05) is 45.9 Å². The quantitative estimate of drug-likeness (QED) is 0.547. The molecule has 0 bridgehead atoms. The molecule has 0 aromatic heterocycles. The van der Waals surface area contributed by atoms with Crippen molar-refractivity contribution in [3.05, 3.63) is 0 Å². The average Bonchev–Trinajstić information content (AvgIpc) is 2.14. The zero-order chi connectivity index (χ0) is 10.1. The van der Waals surface area contributed by atoms with Gasteiger partial charge in [-0.15, -0.1) is 0 Å². The molecular formula is C9H23N3O. The van der Waals surface area contributed by atoms with E-state index in [1.165, 1.54) is 0 Å². The summed E-state index contributed by atoms with van der Waals surface area (Å²) in [5.74, 6) is 0. The fourth-order valence-electron chi connectivity index (χ4n) is 1.36. The SMILES string of the molecule is COCCC(C)N(CCN)CCN. The van der Waals surface area contributed by atoms with Gasteiger partial charge in [-0.2, -0.15) is 0 Å². The molecule has 0 aromatic rings. The van der Waals surface area contributed by atoms with Gasteiger partial charge in [-0.05, 0) is 13.3 Å². The molecule has 1 atom stereocenters. The Morgan fingerprint density at radius 1 is 1.23 bits per heavy atom. The lowest BCUT2D eigenvalue weighted by molar-refractivity contribution is 0.141. The van der Waals surface area contributed by atoms with Crippen molar-refractivity contribution in [1.82, 2.24) is 4.90 Å². The van der Waals surface area contributed by atoms with Crippen LogP contribution in [-0.4, -0.2) is 50.8 Å². The number of hydrogen-bond donors (Lipinski definition) is 2. The minimum atomic E-state index is 0.507. The highest BCUT2D eigenvalue weighted by atomic mass is 16.5. The van der Waals surface area contributed by atoms with E-state index in [1.54, 1.807) is 7.11 Å². The van der Waals surface area contributed by atoms with Crippen molar-refractivity contribution in [2.75, 3.05) is 39.9 Å². The summed E-state index contributed by atoms with van der Waals surface area (Å²) >= 11 is 0. The molecular weight excluding hydrogens is 166 g/mol. The van der Waals surface area contributed by atoms with Crippen LogP contribution in [0.25, 0.3) is 0 Å². The normalized spacial score (nSPS) is 13.6. The molecule has 0 aromatic carbocycles. The van der Waals surface area contributed by atoms with E-state index in [0.29, 0.717) is 19.1 Å². The summed E-state index contributed by atoms with van der Waals surface area (Å²) in [6, 6.07) is 0.507. The maximum absolute atomic E-state index is 5.51. The Labute approximate surface area is 81.2 Å². The predicted octanol–water partition coefficient (Wildman–Crippen LogP) is -0.369.